The van der Waals surface area contributed by atoms with Crippen molar-refractivity contribution >= 4 is 32.7 Å². The number of carbonyl (C=O) groups excluding carboxylic acids is 1. The number of carbonyl (C=O) groups is 1. The minimum Gasteiger partial charge on any atom is -0.490 e. The number of aromatic nitrogens is 1. The normalized spacial score (nSPS) is 11.1. The molecule has 2 aromatic carbocycles. The lowest BCUT2D eigenvalue weighted by Crippen LogP contribution is -2.02. The molecule has 0 N–H and O–H groups in total. The van der Waals surface area contributed by atoms with Crippen LogP contribution in [0.3, 0.4) is 0 Å². The van der Waals surface area contributed by atoms with Crippen molar-refractivity contribution in [2.75, 3.05) is 6.61 Å². The lowest BCUT2D eigenvalue weighted by Gasteiger charge is -2.02. The molecule has 0 amide bonds. The largest absolute Gasteiger partial charge is 0.490 e. The van der Waals surface area contributed by atoms with Crippen LogP contribution in [0.4, 0.5) is 0 Å². The van der Waals surface area contributed by atoms with Gasteiger partial charge in [0.25, 0.3) is 0 Å². The first kappa shape index (κ1) is 17.5. The maximum Gasteiger partial charge on any atom is 0.234 e. The van der Waals surface area contributed by atoms with Gasteiger partial charge in [-0.2, -0.15) is 0 Å². The van der Waals surface area contributed by atoms with Gasteiger partial charge in [-0.1, -0.05) is 45.4 Å². The lowest BCUT2D eigenvalue weighted by atomic mass is 10.0. The van der Waals surface area contributed by atoms with E-state index in [9.17, 15) is 4.79 Å². The van der Waals surface area contributed by atoms with Crippen LogP contribution in [0.2, 0.25) is 0 Å². The third-order valence-corrected chi connectivity index (χ3v) is 4.77. The number of ketones is 1. The van der Waals surface area contributed by atoms with Crippen molar-refractivity contribution in [3.63, 3.8) is 0 Å². The summed E-state index contributed by atoms with van der Waals surface area (Å²) < 4.78 is 17.7. The Morgan fingerprint density at radius 3 is 2.70 bits per heavy atom. The Kier molecular flexibility index (Phi) is 4.58. The highest BCUT2D eigenvalue weighted by molar-refractivity contribution is 9.10. The Morgan fingerprint density at radius 1 is 1.19 bits per heavy atom. The van der Waals surface area contributed by atoms with Gasteiger partial charge < -0.3 is 13.7 Å². The van der Waals surface area contributed by atoms with E-state index >= 15 is 0 Å². The molecule has 4 aromatic rings. The van der Waals surface area contributed by atoms with Crippen LogP contribution in [0.25, 0.3) is 22.2 Å². The molecule has 27 heavy (non-hydrogen) atoms. The van der Waals surface area contributed by atoms with Crippen LogP contribution in [0.1, 0.15) is 28.8 Å². The predicted octanol–water partition coefficient (Wildman–Crippen LogP) is 5.79. The number of fused-ring (bicyclic) bond motifs is 1. The van der Waals surface area contributed by atoms with Crippen LogP contribution in [-0.2, 0) is 0 Å². The van der Waals surface area contributed by atoms with Gasteiger partial charge in [0.1, 0.15) is 11.5 Å². The first-order valence-corrected chi connectivity index (χ1v) is 9.30. The first-order chi connectivity index (χ1) is 13.1. The van der Waals surface area contributed by atoms with E-state index in [0.717, 1.165) is 15.4 Å². The van der Waals surface area contributed by atoms with E-state index in [-0.39, 0.29) is 11.5 Å². The molecule has 0 saturated carbocycles. The van der Waals surface area contributed by atoms with E-state index in [1.54, 1.807) is 13.0 Å². The van der Waals surface area contributed by atoms with Gasteiger partial charge >= 0.3 is 0 Å². The molecule has 4 rings (SSSR count). The standard InChI is InChI=1S/C21H16BrNO4/c1-3-25-16-6-4-5-14-11-17(26-21(14)16)20(24)18-12(2)27-23-19(18)13-7-9-15(22)10-8-13/h4-11H,3H2,1-2H3. The van der Waals surface area contributed by atoms with Gasteiger partial charge in [-0.3, -0.25) is 4.79 Å². The molecule has 5 nitrogen and oxygen atoms in total. The Labute approximate surface area is 164 Å². The lowest BCUT2D eigenvalue weighted by molar-refractivity contribution is 0.101. The van der Waals surface area contributed by atoms with Crippen LogP contribution in [-0.4, -0.2) is 17.5 Å². The summed E-state index contributed by atoms with van der Waals surface area (Å²) in [6, 6.07) is 14.8. The monoisotopic (exact) mass is 425 g/mol. The quantitative estimate of drug-likeness (QED) is 0.378. The average Bonchev–Trinajstić information content (AvgIpc) is 3.26. The Hall–Kier alpha value is -2.86. The van der Waals surface area contributed by atoms with Crippen molar-refractivity contribution < 1.29 is 18.5 Å². The highest BCUT2D eigenvalue weighted by Gasteiger charge is 2.26. The number of rotatable bonds is 5. The summed E-state index contributed by atoms with van der Waals surface area (Å²) in [6.07, 6.45) is 0. The predicted molar refractivity (Wildman–Crippen MR) is 105 cm³/mol. The van der Waals surface area contributed by atoms with Crippen molar-refractivity contribution in [2.24, 2.45) is 0 Å². The number of hydrogen-bond donors (Lipinski definition) is 0. The summed E-state index contributed by atoms with van der Waals surface area (Å²) in [5, 5.41) is 4.89. The van der Waals surface area contributed by atoms with Crippen LogP contribution in [0, 0.1) is 6.92 Å². The van der Waals surface area contributed by atoms with Crippen LogP contribution in [0.15, 0.2) is 61.9 Å². The third-order valence-electron chi connectivity index (χ3n) is 4.24. The second-order valence-corrected chi connectivity index (χ2v) is 6.93. The zero-order valence-corrected chi connectivity index (χ0v) is 16.4. The third kappa shape index (κ3) is 3.17. The molecule has 0 radical (unpaired) electrons. The minimum absolute atomic E-state index is 0.224. The van der Waals surface area contributed by atoms with Gasteiger partial charge in [0.05, 0.1) is 12.2 Å². The minimum atomic E-state index is -0.273. The molecule has 0 aliphatic rings. The molecular formula is C21H16BrNO4. The smallest absolute Gasteiger partial charge is 0.234 e. The molecule has 2 aromatic heterocycles. The van der Waals surface area contributed by atoms with E-state index in [2.05, 4.69) is 21.1 Å². The number of halogens is 1. The molecule has 0 aliphatic heterocycles. The zero-order valence-electron chi connectivity index (χ0n) is 14.8. The zero-order chi connectivity index (χ0) is 19.0. The van der Waals surface area contributed by atoms with Gasteiger partial charge in [0, 0.05) is 15.4 Å². The SMILES string of the molecule is CCOc1cccc2cc(C(=O)c3c(-c4ccc(Br)cc4)noc3C)oc12. The van der Waals surface area contributed by atoms with Crippen LogP contribution >= 0.6 is 15.9 Å². The van der Waals surface area contributed by atoms with E-state index in [1.807, 2.05) is 49.4 Å². The fraction of sp³-hybridized carbons (Fsp3) is 0.143. The first-order valence-electron chi connectivity index (χ1n) is 8.50. The summed E-state index contributed by atoms with van der Waals surface area (Å²) in [5.41, 5.74) is 2.25. The number of benzene rings is 2. The second kappa shape index (κ2) is 7.04. The second-order valence-electron chi connectivity index (χ2n) is 6.02. The maximum atomic E-state index is 13.2. The summed E-state index contributed by atoms with van der Waals surface area (Å²) in [7, 11) is 0. The fourth-order valence-corrected chi connectivity index (χ4v) is 3.25. The summed E-state index contributed by atoms with van der Waals surface area (Å²) in [4.78, 5) is 13.2. The van der Waals surface area contributed by atoms with Crippen molar-refractivity contribution in [3.05, 3.63) is 70.1 Å². The topological polar surface area (TPSA) is 65.5 Å². The molecule has 136 valence electrons. The number of ether oxygens (including phenoxy) is 1. The summed E-state index contributed by atoms with van der Waals surface area (Å²) in [5.74, 6) is 1.01. The average molecular weight is 426 g/mol. The van der Waals surface area contributed by atoms with E-state index < -0.39 is 0 Å². The Bertz CT molecular complexity index is 1130. The van der Waals surface area contributed by atoms with E-state index in [0.29, 0.717) is 35.0 Å². The molecule has 0 spiro atoms. The highest BCUT2D eigenvalue weighted by Crippen LogP contribution is 2.33. The summed E-state index contributed by atoms with van der Waals surface area (Å²) >= 11 is 3.41. The highest BCUT2D eigenvalue weighted by atomic mass is 79.9. The van der Waals surface area contributed by atoms with Crippen LogP contribution < -0.4 is 4.74 Å². The molecule has 0 unspecified atom stereocenters. The number of para-hydroxylation sites is 1. The molecule has 0 fully saturated rings. The molecule has 6 heteroatoms. The van der Waals surface area contributed by atoms with Gasteiger partial charge in [-0.05, 0) is 38.1 Å². The van der Waals surface area contributed by atoms with Crippen molar-refractivity contribution in [1.82, 2.24) is 5.16 Å². The van der Waals surface area contributed by atoms with Gasteiger partial charge in [0.15, 0.2) is 17.1 Å². The fourth-order valence-electron chi connectivity index (χ4n) is 2.98. The Morgan fingerprint density at radius 2 is 1.96 bits per heavy atom. The van der Waals surface area contributed by atoms with E-state index in [1.165, 1.54) is 0 Å². The molecule has 2 heterocycles. The molecule has 0 atom stereocenters. The van der Waals surface area contributed by atoms with Gasteiger partial charge in [0.2, 0.25) is 5.78 Å². The molecule has 0 aliphatic carbocycles. The number of nitrogens with zero attached hydrogens (tertiary/aromatic N) is 1. The van der Waals surface area contributed by atoms with Crippen molar-refractivity contribution in [1.29, 1.82) is 0 Å². The summed E-state index contributed by atoms with van der Waals surface area (Å²) in [6.45, 7) is 4.14. The van der Waals surface area contributed by atoms with Crippen molar-refractivity contribution in [3.8, 4) is 17.0 Å². The molecule has 0 bridgehead atoms. The van der Waals surface area contributed by atoms with E-state index in [4.69, 9.17) is 13.7 Å². The van der Waals surface area contributed by atoms with Crippen molar-refractivity contribution in [2.45, 2.75) is 13.8 Å². The number of hydrogen-bond acceptors (Lipinski definition) is 5. The Balaban J connectivity index is 1.80. The maximum absolute atomic E-state index is 13.2. The number of furan rings is 1. The molecule has 0 saturated heterocycles. The number of aryl methyl sites for hydroxylation is 1. The van der Waals surface area contributed by atoms with Gasteiger partial charge in [-0.25, -0.2) is 0 Å². The van der Waals surface area contributed by atoms with Crippen LogP contribution in [0.5, 0.6) is 5.75 Å². The molecular weight excluding hydrogens is 410 g/mol. The van der Waals surface area contributed by atoms with Gasteiger partial charge in [-0.15, -0.1) is 0 Å².